The Bertz CT molecular complexity index is 929. The molecule has 2 amide bonds. The number of carbonyl (C=O) groups excluding carboxylic acids is 1. The molecule has 33 heavy (non-hydrogen) atoms. The first-order chi connectivity index (χ1) is 15.3. The van der Waals surface area contributed by atoms with Crippen molar-refractivity contribution in [1.29, 1.82) is 0 Å². The number of nitrogens with one attached hydrogen (secondary N) is 1. The van der Waals surface area contributed by atoms with Gasteiger partial charge in [-0.2, -0.15) is 13.2 Å². The SMILES string of the molecule is C[C@@H](NC(=O)[C@@H](Cc1ccccc1)N(C(=O)O)C(C)(C)C)c1ccc(OCC(F)(F)F)cn1. The molecule has 2 N–H and O–H groups in total. The van der Waals surface area contributed by atoms with Crippen LogP contribution in [0.25, 0.3) is 0 Å². The molecule has 0 saturated carbocycles. The smallest absolute Gasteiger partial charge is 0.422 e. The molecular weight excluding hydrogens is 439 g/mol. The third-order valence-corrected chi connectivity index (χ3v) is 4.78. The number of pyridine rings is 1. The van der Waals surface area contributed by atoms with Gasteiger partial charge in [-0.25, -0.2) is 4.79 Å². The van der Waals surface area contributed by atoms with E-state index in [1.54, 1.807) is 39.8 Å². The number of rotatable bonds is 8. The Morgan fingerprint density at radius 3 is 2.24 bits per heavy atom. The van der Waals surface area contributed by atoms with E-state index in [-0.39, 0.29) is 12.2 Å². The minimum atomic E-state index is -4.46. The van der Waals surface area contributed by atoms with Crippen molar-refractivity contribution < 1.29 is 32.6 Å². The van der Waals surface area contributed by atoms with E-state index in [4.69, 9.17) is 0 Å². The average Bonchev–Trinajstić information content (AvgIpc) is 2.71. The second kappa shape index (κ2) is 10.5. The maximum atomic E-state index is 13.2. The Labute approximate surface area is 190 Å². The highest BCUT2D eigenvalue weighted by molar-refractivity contribution is 5.86. The number of ether oxygens (including phenoxy) is 1. The Morgan fingerprint density at radius 1 is 1.12 bits per heavy atom. The van der Waals surface area contributed by atoms with E-state index in [0.717, 1.165) is 16.7 Å². The first-order valence-corrected chi connectivity index (χ1v) is 10.3. The number of amides is 2. The standard InChI is InChI=1S/C23H28F3N3O4/c1-15(18-11-10-17(13-27-18)33-14-23(24,25)26)28-20(30)19(12-16-8-6-5-7-9-16)29(21(31)32)22(2,3)4/h5-11,13,15,19H,12,14H2,1-4H3,(H,28,30)(H,31,32)/t15-,19-/m1/s1. The molecule has 1 aromatic heterocycles. The zero-order valence-corrected chi connectivity index (χ0v) is 18.9. The molecule has 2 aromatic rings. The van der Waals surface area contributed by atoms with Crippen LogP contribution in [0.5, 0.6) is 5.75 Å². The maximum absolute atomic E-state index is 13.2. The average molecular weight is 467 g/mol. The summed E-state index contributed by atoms with van der Waals surface area (Å²) in [5.41, 5.74) is 0.339. The van der Waals surface area contributed by atoms with Gasteiger partial charge in [0, 0.05) is 12.0 Å². The molecule has 2 atom stereocenters. The van der Waals surface area contributed by atoms with E-state index in [2.05, 4.69) is 15.0 Å². The summed E-state index contributed by atoms with van der Waals surface area (Å²) in [6.07, 6.45) is -4.38. The van der Waals surface area contributed by atoms with Gasteiger partial charge in [-0.05, 0) is 45.4 Å². The second-order valence-electron chi connectivity index (χ2n) is 8.58. The minimum Gasteiger partial charge on any atom is -0.483 e. The highest BCUT2D eigenvalue weighted by Gasteiger charge is 2.38. The molecule has 7 nitrogen and oxygen atoms in total. The first kappa shape index (κ1) is 26.0. The van der Waals surface area contributed by atoms with Gasteiger partial charge in [0.05, 0.1) is 17.9 Å². The van der Waals surface area contributed by atoms with Crippen LogP contribution in [0.2, 0.25) is 0 Å². The van der Waals surface area contributed by atoms with Gasteiger partial charge >= 0.3 is 12.3 Å². The zero-order valence-electron chi connectivity index (χ0n) is 18.9. The van der Waals surface area contributed by atoms with Crippen molar-refractivity contribution >= 4 is 12.0 Å². The Balaban J connectivity index is 2.19. The summed E-state index contributed by atoms with van der Waals surface area (Å²) in [4.78, 5) is 30.4. The third kappa shape index (κ3) is 7.96. The number of aromatic nitrogens is 1. The monoisotopic (exact) mass is 467 g/mol. The van der Waals surface area contributed by atoms with Crippen molar-refractivity contribution in [2.24, 2.45) is 0 Å². The molecule has 10 heteroatoms. The summed E-state index contributed by atoms with van der Waals surface area (Å²) >= 11 is 0. The van der Waals surface area contributed by atoms with Gasteiger partial charge in [0.25, 0.3) is 0 Å². The molecule has 0 radical (unpaired) electrons. The molecule has 0 aliphatic heterocycles. The molecule has 0 aliphatic carbocycles. The lowest BCUT2D eigenvalue weighted by Crippen LogP contribution is -2.57. The number of halogens is 3. The predicted octanol–water partition coefficient (Wildman–Crippen LogP) is 4.59. The van der Waals surface area contributed by atoms with Gasteiger partial charge in [0.1, 0.15) is 11.8 Å². The summed E-state index contributed by atoms with van der Waals surface area (Å²) in [6.45, 7) is 5.34. The lowest BCUT2D eigenvalue weighted by Gasteiger charge is -2.39. The fourth-order valence-corrected chi connectivity index (χ4v) is 3.31. The number of carboxylic acid groups (broad SMARTS) is 1. The van der Waals surface area contributed by atoms with Crippen LogP contribution in [-0.4, -0.2) is 51.4 Å². The Hall–Kier alpha value is -3.30. The van der Waals surface area contributed by atoms with E-state index in [0.29, 0.717) is 5.69 Å². The fourth-order valence-electron chi connectivity index (χ4n) is 3.31. The van der Waals surface area contributed by atoms with Crippen molar-refractivity contribution in [2.45, 2.75) is 57.9 Å². The molecule has 180 valence electrons. The molecule has 0 fully saturated rings. The largest absolute Gasteiger partial charge is 0.483 e. The predicted molar refractivity (Wildman–Crippen MR) is 116 cm³/mol. The third-order valence-electron chi connectivity index (χ3n) is 4.78. The number of nitrogens with zero attached hydrogens (tertiary/aromatic N) is 2. The zero-order chi connectivity index (χ0) is 24.8. The van der Waals surface area contributed by atoms with Crippen LogP contribution in [0.15, 0.2) is 48.7 Å². The number of hydrogen-bond acceptors (Lipinski definition) is 4. The molecule has 0 aliphatic rings. The van der Waals surface area contributed by atoms with Crippen LogP contribution >= 0.6 is 0 Å². The van der Waals surface area contributed by atoms with Gasteiger partial charge < -0.3 is 15.2 Å². The highest BCUT2D eigenvalue weighted by Crippen LogP contribution is 2.23. The summed E-state index contributed by atoms with van der Waals surface area (Å²) in [6, 6.07) is 10.2. The van der Waals surface area contributed by atoms with Crippen molar-refractivity contribution in [2.75, 3.05) is 6.61 Å². The highest BCUT2D eigenvalue weighted by atomic mass is 19.4. The summed E-state index contributed by atoms with van der Waals surface area (Å²) < 4.78 is 41.5. The van der Waals surface area contributed by atoms with Crippen molar-refractivity contribution in [3.05, 3.63) is 59.9 Å². The summed E-state index contributed by atoms with van der Waals surface area (Å²) in [5.74, 6) is -0.566. The lowest BCUT2D eigenvalue weighted by atomic mass is 9.97. The molecular formula is C23H28F3N3O4. The van der Waals surface area contributed by atoms with Crippen LogP contribution in [0, 0.1) is 0 Å². The van der Waals surface area contributed by atoms with E-state index in [9.17, 15) is 27.9 Å². The van der Waals surface area contributed by atoms with Crippen LogP contribution < -0.4 is 10.1 Å². The van der Waals surface area contributed by atoms with E-state index >= 15 is 0 Å². The van der Waals surface area contributed by atoms with Gasteiger partial charge in [-0.3, -0.25) is 14.7 Å². The van der Waals surface area contributed by atoms with Gasteiger partial charge in [0.15, 0.2) is 6.61 Å². The molecule has 1 heterocycles. The maximum Gasteiger partial charge on any atom is 0.422 e. The number of hydrogen-bond donors (Lipinski definition) is 2. The van der Waals surface area contributed by atoms with Crippen LogP contribution in [-0.2, 0) is 11.2 Å². The van der Waals surface area contributed by atoms with Crippen molar-refractivity contribution in [1.82, 2.24) is 15.2 Å². The normalized spacial score (nSPS) is 13.7. The van der Waals surface area contributed by atoms with E-state index in [1.807, 2.05) is 18.2 Å². The molecule has 1 aromatic carbocycles. The van der Waals surface area contributed by atoms with E-state index < -0.39 is 42.4 Å². The van der Waals surface area contributed by atoms with Crippen LogP contribution in [0.1, 0.15) is 45.0 Å². The van der Waals surface area contributed by atoms with Crippen molar-refractivity contribution in [3.63, 3.8) is 0 Å². The number of carbonyl (C=O) groups is 2. The lowest BCUT2D eigenvalue weighted by molar-refractivity contribution is -0.153. The van der Waals surface area contributed by atoms with Crippen molar-refractivity contribution in [3.8, 4) is 5.75 Å². The van der Waals surface area contributed by atoms with Crippen LogP contribution in [0.3, 0.4) is 0 Å². The van der Waals surface area contributed by atoms with Crippen LogP contribution in [0.4, 0.5) is 18.0 Å². The summed E-state index contributed by atoms with van der Waals surface area (Å²) in [5, 5.41) is 12.6. The molecule has 0 saturated heterocycles. The second-order valence-corrected chi connectivity index (χ2v) is 8.58. The number of benzene rings is 1. The van der Waals surface area contributed by atoms with Gasteiger partial charge in [-0.15, -0.1) is 0 Å². The topological polar surface area (TPSA) is 91.8 Å². The molecule has 0 spiro atoms. The Morgan fingerprint density at radius 2 is 1.76 bits per heavy atom. The molecule has 0 unspecified atom stereocenters. The summed E-state index contributed by atoms with van der Waals surface area (Å²) in [7, 11) is 0. The fraction of sp³-hybridized carbons (Fsp3) is 0.435. The minimum absolute atomic E-state index is 0.0543. The Kier molecular flexibility index (Phi) is 8.29. The first-order valence-electron chi connectivity index (χ1n) is 10.3. The van der Waals surface area contributed by atoms with Gasteiger partial charge in [0.2, 0.25) is 5.91 Å². The quantitative estimate of drug-likeness (QED) is 0.593. The van der Waals surface area contributed by atoms with E-state index in [1.165, 1.54) is 12.1 Å². The van der Waals surface area contributed by atoms with Gasteiger partial charge in [-0.1, -0.05) is 30.3 Å². The number of alkyl halides is 3. The molecule has 0 bridgehead atoms. The molecule has 2 rings (SSSR count).